The standard InChI is InChI=1S/C48H52FNO15/c1-24-32(63-44(58)37(54)36(27-13-17-30(49)18-14-27)50-42(56)28-15-19-31(60-7)20-16-28)22-48(59)41(64-43(57)29-11-9-8-10-12-29)39-46(6,33(53)21-34-47(39,23-61-34)65-26(3)52)40(55)38(62-25(2)51)35(24)45(48,4)5/h8-20,32-34,36-39,41,53-54,59H,21-23H2,1-7H3,(H,50,56)/t32-,33-,34+,36-,37+,38+,39?,41?,46+,47-,48+/m0/s1. The molecule has 3 aliphatic carbocycles. The highest BCUT2D eigenvalue weighted by Gasteiger charge is 2.78. The second-order valence-electron chi connectivity index (χ2n) is 17.9. The Bertz CT molecular complexity index is 2400. The first-order chi connectivity index (χ1) is 30.6. The number of fused-ring (bicyclic) bond motifs is 5. The van der Waals surface area contributed by atoms with Gasteiger partial charge in [-0.15, -0.1) is 0 Å². The molecule has 3 aromatic carbocycles. The lowest BCUT2D eigenvalue weighted by molar-refractivity contribution is -0.346. The number of aliphatic hydroxyl groups excluding tert-OH is 2. The molecule has 1 aliphatic heterocycles. The highest BCUT2D eigenvalue weighted by molar-refractivity contribution is 5.96. The minimum absolute atomic E-state index is 0.0402. The Morgan fingerprint density at radius 2 is 1.52 bits per heavy atom. The van der Waals surface area contributed by atoms with Crippen LogP contribution in [-0.2, 0) is 42.9 Å². The quantitative estimate of drug-likeness (QED) is 0.122. The van der Waals surface area contributed by atoms with Crippen LogP contribution in [0.2, 0.25) is 0 Å². The summed E-state index contributed by atoms with van der Waals surface area (Å²) in [6.07, 6.45) is -11.0. The van der Waals surface area contributed by atoms with Gasteiger partial charge in [-0.2, -0.15) is 0 Å². The maximum absolute atomic E-state index is 15.5. The van der Waals surface area contributed by atoms with Gasteiger partial charge in [0.25, 0.3) is 5.91 Å². The molecule has 7 rings (SSSR count). The Labute approximate surface area is 374 Å². The van der Waals surface area contributed by atoms with E-state index in [1.807, 2.05) is 0 Å². The Kier molecular flexibility index (Phi) is 12.6. The van der Waals surface area contributed by atoms with Gasteiger partial charge in [0, 0.05) is 37.7 Å². The molecule has 3 fully saturated rings. The minimum Gasteiger partial charge on any atom is -0.497 e. The summed E-state index contributed by atoms with van der Waals surface area (Å²) in [4.78, 5) is 83.8. The molecule has 1 saturated heterocycles. The van der Waals surface area contributed by atoms with Crippen LogP contribution in [0.4, 0.5) is 4.39 Å². The summed E-state index contributed by atoms with van der Waals surface area (Å²) in [5.74, 6) is -7.44. The van der Waals surface area contributed by atoms with E-state index in [1.165, 1.54) is 83.3 Å². The van der Waals surface area contributed by atoms with Crippen molar-refractivity contribution in [2.75, 3.05) is 13.7 Å². The molecule has 1 amide bonds. The van der Waals surface area contributed by atoms with E-state index < -0.39 is 118 Å². The second kappa shape index (κ2) is 17.4. The Hall–Kier alpha value is -6.01. The van der Waals surface area contributed by atoms with E-state index in [9.17, 15) is 43.7 Å². The van der Waals surface area contributed by atoms with E-state index in [-0.39, 0.29) is 40.9 Å². The SMILES string of the molecule is COc1ccc(C(=O)N[C@@H](c2ccc(F)cc2)[C@@H](O)C(=O)O[C@H]2C[C@@]3(O)C(OC(=O)c4ccccc4)C4[C@](C)(C(=O)[C@H](OC(C)=O)C(=C2C)C3(C)C)[C@@H](O)C[C@H]2OC[C@@]42OC(C)=O)cc1. The number of rotatable bonds is 11. The van der Waals surface area contributed by atoms with Crippen molar-refractivity contribution >= 4 is 35.6 Å². The van der Waals surface area contributed by atoms with Gasteiger partial charge in [-0.25, -0.2) is 14.0 Å². The normalized spacial score (nSPS) is 30.9. The number of Topliss-reactive ketones (excluding diaryl/α,β-unsaturated/α-hetero) is 1. The predicted molar refractivity (Wildman–Crippen MR) is 224 cm³/mol. The number of carbonyl (C=O) groups excluding carboxylic acids is 6. The summed E-state index contributed by atoms with van der Waals surface area (Å²) in [6, 6.07) is 16.8. The van der Waals surface area contributed by atoms with Crippen molar-refractivity contribution in [1.29, 1.82) is 0 Å². The lowest BCUT2D eigenvalue weighted by atomic mass is 9.44. The monoisotopic (exact) mass is 901 g/mol. The van der Waals surface area contributed by atoms with Crippen LogP contribution < -0.4 is 10.1 Å². The number of amides is 1. The number of benzene rings is 3. The van der Waals surface area contributed by atoms with Gasteiger partial charge in [0.15, 0.2) is 23.6 Å². The summed E-state index contributed by atoms with van der Waals surface area (Å²) >= 11 is 0. The molecular formula is C48H52FNO15. The van der Waals surface area contributed by atoms with Crippen LogP contribution in [0, 0.1) is 22.6 Å². The van der Waals surface area contributed by atoms with Gasteiger partial charge < -0.3 is 49.1 Å². The predicted octanol–water partition coefficient (Wildman–Crippen LogP) is 3.88. The summed E-state index contributed by atoms with van der Waals surface area (Å²) in [5, 5.41) is 40.2. The Balaban J connectivity index is 1.37. The molecule has 1 heterocycles. The number of hydrogen-bond acceptors (Lipinski definition) is 15. The summed E-state index contributed by atoms with van der Waals surface area (Å²) in [7, 11) is 1.45. The van der Waals surface area contributed by atoms with Gasteiger partial charge in [0.1, 0.15) is 35.5 Å². The number of methoxy groups -OCH3 is 1. The Morgan fingerprint density at radius 1 is 0.877 bits per heavy atom. The van der Waals surface area contributed by atoms with Crippen LogP contribution in [0.1, 0.15) is 86.7 Å². The van der Waals surface area contributed by atoms with Crippen molar-refractivity contribution in [3.8, 4) is 5.75 Å². The smallest absolute Gasteiger partial charge is 0.338 e. The molecule has 65 heavy (non-hydrogen) atoms. The van der Waals surface area contributed by atoms with Crippen molar-refractivity contribution < 1.29 is 76.9 Å². The van der Waals surface area contributed by atoms with E-state index in [0.29, 0.717) is 5.75 Å². The number of ether oxygens (including phenoxy) is 6. The first-order valence-electron chi connectivity index (χ1n) is 21.1. The number of nitrogens with one attached hydrogen (secondary N) is 1. The number of carbonyl (C=O) groups is 6. The van der Waals surface area contributed by atoms with Crippen molar-refractivity contribution in [2.24, 2.45) is 16.7 Å². The van der Waals surface area contributed by atoms with Crippen LogP contribution >= 0.6 is 0 Å². The zero-order valence-corrected chi connectivity index (χ0v) is 36.9. The molecule has 346 valence electrons. The van der Waals surface area contributed by atoms with E-state index in [2.05, 4.69) is 5.32 Å². The fourth-order valence-electron chi connectivity index (χ4n) is 10.3. The summed E-state index contributed by atoms with van der Waals surface area (Å²) < 4.78 is 49.5. The minimum atomic E-state index is -2.45. The molecule has 0 spiro atoms. The average molecular weight is 902 g/mol. The van der Waals surface area contributed by atoms with E-state index in [4.69, 9.17) is 28.4 Å². The third-order valence-corrected chi connectivity index (χ3v) is 13.9. The average Bonchev–Trinajstić information content (AvgIpc) is 3.26. The number of ketones is 1. The molecule has 3 aromatic rings. The van der Waals surface area contributed by atoms with Gasteiger partial charge in [-0.3, -0.25) is 19.2 Å². The Morgan fingerprint density at radius 3 is 2.09 bits per heavy atom. The third-order valence-electron chi connectivity index (χ3n) is 13.9. The van der Waals surface area contributed by atoms with Gasteiger partial charge >= 0.3 is 23.9 Å². The third kappa shape index (κ3) is 7.97. The molecule has 2 unspecified atom stereocenters. The maximum Gasteiger partial charge on any atom is 0.338 e. The number of halogens is 1. The van der Waals surface area contributed by atoms with E-state index in [0.717, 1.165) is 26.0 Å². The highest BCUT2D eigenvalue weighted by atomic mass is 19.1. The largest absolute Gasteiger partial charge is 0.497 e. The molecule has 11 atom stereocenters. The fraction of sp³-hybridized carbons (Fsp3) is 0.458. The van der Waals surface area contributed by atoms with Crippen molar-refractivity contribution in [3.63, 3.8) is 0 Å². The number of aliphatic hydroxyl groups is 3. The van der Waals surface area contributed by atoms with Crippen molar-refractivity contribution in [1.82, 2.24) is 5.32 Å². The van der Waals surface area contributed by atoms with Gasteiger partial charge in [0.05, 0.1) is 42.8 Å². The molecule has 0 aromatic heterocycles. The topological polar surface area (TPSA) is 231 Å². The van der Waals surface area contributed by atoms with Gasteiger partial charge in [0.2, 0.25) is 0 Å². The maximum atomic E-state index is 15.5. The zero-order valence-electron chi connectivity index (χ0n) is 36.9. The first kappa shape index (κ1) is 47.0. The number of hydrogen-bond donors (Lipinski definition) is 4. The highest BCUT2D eigenvalue weighted by Crippen LogP contribution is 2.64. The van der Waals surface area contributed by atoms with Crippen LogP contribution in [0.25, 0.3) is 0 Å². The molecular weight excluding hydrogens is 850 g/mol. The number of esters is 4. The molecule has 2 saturated carbocycles. The second-order valence-corrected chi connectivity index (χ2v) is 17.9. The molecule has 0 radical (unpaired) electrons. The molecule has 16 nitrogen and oxygen atoms in total. The van der Waals surface area contributed by atoms with Gasteiger partial charge in [-0.1, -0.05) is 44.2 Å². The molecule has 17 heteroatoms. The lowest BCUT2D eigenvalue weighted by Gasteiger charge is -2.67. The van der Waals surface area contributed by atoms with Crippen LogP contribution in [0.3, 0.4) is 0 Å². The lowest BCUT2D eigenvalue weighted by Crippen LogP contribution is -2.82. The summed E-state index contributed by atoms with van der Waals surface area (Å²) in [6.45, 7) is 7.76. The first-order valence-corrected chi connectivity index (χ1v) is 21.1. The zero-order chi connectivity index (χ0) is 47.4. The van der Waals surface area contributed by atoms with Gasteiger partial charge in [-0.05, 0) is 79.1 Å². The fourth-order valence-corrected chi connectivity index (χ4v) is 10.3. The van der Waals surface area contributed by atoms with Crippen LogP contribution in [0.15, 0.2) is 90.0 Å². The van der Waals surface area contributed by atoms with Crippen molar-refractivity contribution in [3.05, 3.63) is 113 Å². The van der Waals surface area contributed by atoms with Crippen LogP contribution in [0.5, 0.6) is 5.75 Å². The molecule has 4 aliphatic rings. The van der Waals surface area contributed by atoms with Crippen LogP contribution in [-0.4, -0.2) is 112 Å². The summed E-state index contributed by atoms with van der Waals surface area (Å²) in [5.41, 5.74) is -7.73. The van der Waals surface area contributed by atoms with E-state index >= 15 is 4.79 Å². The molecule has 4 N–H and O–H groups in total. The molecule has 2 bridgehead atoms. The van der Waals surface area contributed by atoms with Crippen molar-refractivity contribution in [2.45, 2.75) is 108 Å². The van der Waals surface area contributed by atoms with E-state index in [1.54, 1.807) is 18.2 Å².